The van der Waals surface area contributed by atoms with Gasteiger partial charge in [-0.25, -0.2) is 4.39 Å². The predicted molar refractivity (Wildman–Crippen MR) is 104 cm³/mol. The van der Waals surface area contributed by atoms with Gasteiger partial charge in [0, 0.05) is 17.2 Å². The average Bonchev–Trinajstić information content (AvgIpc) is 2.65. The standard InChI is InChI=1S/C22H25FN2O2/c1-15-4-3-5-16(2)21(15)24-20(26)14-25-12-10-18(11-13-25)22(27)17-6-8-19(23)9-7-17/h3-9,18H,10-14H2,1-2H3,(H,24,26). The number of para-hydroxylation sites is 1. The molecule has 0 bridgehead atoms. The molecule has 1 fully saturated rings. The number of hydrogen-bond acceptors (Lipinski definition) is 3. The lowest BCUT2D eigenvalue weighted by molar-refractivity contribution is -0.117. The second-order valence-corrected chi connectivity index (χ2v) is 7.24. The van der Waals surface area contributed by atoms with E-state index in [9.17, 15) is 14.0 Å². The maximum atomic E-state index is 13.0. The van der Waals surface area contributed by atoms with Crippen molar-refractivity contribution in [3.8, 4) is 0 Å². The van der Waals surface area contributed by atoms with Crippen molar-refractivity contribution in [2.24, 2.45) is 5.92 Å². The lowest BCUT2D eigenvalue weighted by atomic mass is 9.89. The van der Waals surface area contributed by atoms with Crippen molar-refractivity contribution in [3.05, 3.63) is 65.0 Å². The molecule has 0 aromatic heterocycles. The molecule has 1 amide bonds. The average molecular weight is 368 g/mol. The van der Waals surface area contributed by atoms with Crippen LogP contribution in [0.15, 0.2) is 42.5 Å². The van der Waals surface area contributed by atoms with E-state index in [-0.39, 0.29) is 23.4 Å². The number of halogens is 1. The van der Waals surface area contributed by atoms with Gasteiger partial charge >= 0.3 is 0 Å². The molecule has 0 atom stereocenters. The normalized spacial score (nSPS) is 15.5. The number of piperidine rings is 1. The number of aryl methyl sites for hydroxylation is 2. The van der Waals surface area contributed by atoms with E-state index in [1.165, 1.54) is 12.1 Å². The van der Waals surface area contributed by atoms with Crippen LogP contribution in [-0.4, -0.2) is 36.2 Å². The van der Waals surface area contributed by atoms with E-state index in [1.54, 1.807) is 12.1 Å². The number of anilines is 1. The van der Waals surface area contributed by atoms with Gasteiger partial charge in [0.15, 0.2) is 5.78 Å². The molecule has 1 N–H and O–H groups in total. The van der Waals surface area contributed by atoms with Crippen molar-refractivity contribution in [1.29, 1.82) is 0 Å². The number of nitrogens with zero attached hydrogens (tertiary/aromatic N) is 1. The molecule has 0 unspecified atom stereocenters. The van der Waals surface area contributed by atoms with Crippen LogP contribution in [0.5, 0.6) is 0 Å². The van der Waals surface area contributed by atoms with Gasteiger partial charge in [-0.3, -0.25) is 14.5 Å². The Hall–Kier alpha value is -2.53. The monoisotopic (exact) mass is 368 g/mol. The maximum Gasteiger partial charge on any atom is 0.238 e. The van der Waals surface area contributed by atoms with Gasteiger partial charge in [-0.05, 0) is 75.2 Å². The van der Waals surface area contributed by atoms with E-state index < -0.39 is 0 Å². The maximum absolute atomic E-state index is 13.0. The molecule has 4 nitrogen and oxygen atoms in total. The minimum atomic E-state index is -0.337. The fourth-order valence-corrected chi connectivity index (χ4v) is 3.60. The minimum absolute atomic E-state index is 0.0317. The summed E-state index contributed by atoms with van der Waals surface area (Å²) < 4.78 is 13.0. The van der Waals surface area contributed by atoms with E-state index >= 15 is 0 Å². The summed E-state index contributed by atoms with van der Waals surface area (Å²) in [5.41, 5.74) is 3.53. The third-order valence-electron chi connectivity index (χ3n) is 5.20. The number of ketones is 1. The molecule has 0 saturated carbocycles. The van der Waals surface area contributed by atoms with Gasteiger partial charge in [0.2, 0.25) is 5.91 Å². The van der Waals surface area contributed by atoms with E-state index in [0.29, 0.717) is 38.0 Å². The number of carbonyl (C=O) groups is 2. The second-order valence-electron chi connectivity index (χ2n) is 7.24. The molecule has 3 rings (SSSR count). The zero-order valence-corrected chi connectivity index (χ0v) is 15.8. The van der Waals surface area contributed by atoms with Gasteiger partial charge in [-0.15, -0.1) is 0 Å². The Bertz CT molecular complexity index is 804. The topological polar surface area (TPSA) is 49.4 Å². The van der Waals surface area contributed by atoms with Crippen LogP contribution in [0.2, 0.25) is 0 Å². The number of benzene rings is 2. The van der Waals surface area contributed by atoms with Crippen molar-refractivity contribution in [2.45, 2.75) is 26.7 Å². The van der Waals surface area contributed by atoms with Crippen LogP contribution in [-0.2, 0) is 4.79 Å². The van der Waals surface area contributed by atoms with Crippen LogP contribution in [0, 0.1) is 25.6 Å². The Morgan fingerprint density at radius 3 is 2.22 bits per heavy atom. The largest absolute Gasteiger partial charge is 0.324 e. The Balaban J connectivity index is 1.51. The van der Waals surface area contributed by atoms with Gasteiger partial charge in [0.05, 0.1) is 6.54 Å². The molecule has 0 aliphatic carbocycles. The summed E-state index contributed by atoms with van der Waals surface area (Å²) in [6.45, 7) is 5.70. The van der Waals surface area contributed by atoms with E-state index in [4.69, 9.17) is 0 Å². The van der Waals surface area contributed by atoms with Crippen LogP contribution in [0.4, 0.5) is 10.1 Å². The summed E-state index contributed by atoms with van der Waals surface area (Å²) in [5.74, 6) is -0.366. The fourth-order valence-electron chi connectivity index (χ4n) is 3.60. The lowest BCUT2D eigenvalue weighted by Gasteiger charge is -2.30. The number of likely N-dealkylation sites (tertiary alicyclic amines) is 1. The zero-order valence-electron chi connectivity index (χ0n) is 15.8. The van der Waals surface area contributed by atoms with Crippen LogP contribution >= 0.6 is 0 Å². The highest BCUT2D eigenvalue weighted by Crippen LogP contribution is 2.23. The molecule has 27 heavy (non-hydrogen) atoms. The molecule has 0 spiro atoms. The van der Waals surface area contributed by atoms with Gasteiger partial charge < -0.3 is 5.32 Å². The summed E-state index contributed by atoms with van der Waals surface area (Å²) in [7, 11) is 0. The van der Waals surface area contributed by atoms with E-state index in [0.717, 1.165) is 16.8 Å². The summed E-state index contributed by atoms with van der Waals surface area (Å²) in [6.07, 6.45) is 1.43. The Kier molecular flexibility index (Phi) is 6.01. The first-order chi connectivity index (χ1) is 12.9. The molecule has 1 saturated heterocycles. The summed E-state index contributed by atoms with van der Waals surface area (Å²) in [4.78, 5) is 27.0. The number of carbonyl (C=O) groups excluding carboxylic acids is 2. The van der Waals surface area contributed by atoms with Crippen LogP contribution in [0.1, 0.15) is 34.3 Å². The van der Waals surface area contributed by atoms with Crippen molar-refractivity contribution in [3.63, 3.8) is 0 Å². The molecule has 0 radical (unpaired) electrons. The summed E-state index contributed by atoms with van der Waals surface area (Å²) in [5, 5.41) is 3.01. The highest BCUT2D eigenvalue weighted by atomic mass is 19.1. The summed E-state index contributed by atoms with van der Waals surface area (Å²) in [6, 6.07) is 11.7. The number of nitrogens with one attached hydrogen (secondary N) is 1. The highest BCUT2D eigenvalue weighted by Gasteiger charge is 2.26. The smallest absolute Gasteiger partial charge is 0.238 e. The molecule has 1 aliphatic heterocycles. The number of amides is 1. The molecular weight excluding hydrogens is 343 g/mol. The van der Waals surface area contributed by atoms with Crippen molar-refractivity contribution in [1.82, 2.24) is 4.90 Å². The molecule has 5 heteroatoms. The SMILES string of the molecule is Cc1cccc(C)c1NC(=O)CN1CCC(C(=O)c2ccc(F)cc2)CC1. The molecule has 2 aromatic carbocycles. The van der Waals surface area contributed by atoms with Crippen molar-refractivity contribution >= 4 is 17.4 Å². The molecule has 142 valence electrons. The van der Waals surface area contributed by atoms with E-state index in [1.807, 2.05) is 32.0 Å². The zero-order chi connectivity index (χ0) is 19.4. The van der Waals surface area contributed by atoms with Crippen molar-refractivity contribution < 1.29 is 14.0 Å². The fraction of sp³-hybridized carbons (Fsp3) is 0.364. The third-order valence-corrected chi connectivity index (χ3v) is 5.20. The number of rotatable bonds is 5. The van der Waals surface area contributed by atoms with Crippen LogP contribution in [0.3, 0.4) is 0 Å². The molecule has 2 aromatic rings. The molecule has 1 heterocycles. The highest BCUT2D eigenvalue weighted by molar-refractivity contribution is 5.98. The van der Waals surface area contributed by atoms with Gasteiger partial charge in [-0.1, -0.05) is 18.2 Å². The first-order valence-electron chi connectivity index (χ1n) is 9.32. The van der Waals surface area contributed by atoms with Gasteiger partial charge in [0.25, 0.3) is 0 Å². The lowest BCUT2D eigenvalue weighted by Crippen LogP contribution is -2.40. The van der Waals surface area contributed by atoms with Crippen LogP contribution < -0.4 is 5.32 Å². The quantitative estimate of drug-likeness (QED) is 0.813. The van der Waals surface area contributed by atoms with Gasteiger partial charge in [0.1, 0.15) is 5.82 Å². The van der Waals surface area contributed by atoms with Crippen molar-refractivity contribution in [2.75, 3.05) is 25.0 Å². The Morgan fingerprint density at radius 1 is 1.04 bits per heavy atom. The first-order valence-corrected chi connectivity index (χ1v) is 9.32. The molecular formula is C22H25FN2O2. The predicted octanol–water partition coefficient (Wildman–Crippen LogP) is 3.98. The number of hydrogen-bond donors (Lipinski definition) is 1. The van der Waals surface area contributed by atoms with Gasteiger partial charge in [-0.2, -0.15) is 0 Å². The summed E-state index contributed by atoms with van der Waals surface area (Å²) >= 11 is 0. The second kappa shape index (κ2) is 8.44. The Labute approximate surface area is 159 Å². The Morgan fingerprint density at radius 2 is 1.63 bits per heavy atom. The third kappa shape index (κ3) is 4.80. The molecule has 1 aliphatic rings. The first kappa shape index (κ1) is 19.2. The minimum Gasteiger partial charge on any atom is -0.324 e. The van der Waals surface area contributed by atoms with E-state index in [2.05, 4.69) is 10.2 Å². The number of Topliss-reactive ketones (excluding diaryl/α,β-unsaturated/α-hetero) is 1. The van der Waals surface area contributed by atoms with Crippen LogP contribution in [0.25, 0.3) is 0 Å².